The summed E-state index contributed by atoms with van der Waals surface area (Å²) < 4.78 is 0. The van der Waals surface area contributed by atoms with Gasteiger partial charge in [0.05, 0.1) is 5.70 Å². The molecule has 0 aliphatic heterocycles. The van der Waals surface area contributed by atoms with E-state index in [1.165, 1.54) is 11.1 Å². The summed E-state index contributed by atoms with van der Waals surface area (Å²) in [6.07, 6.45) is 2.78. The van der Waals surface area contributed by atoms with Crippen molar-refractivity contribution in [2.24, 2.45) is 5.73 Å². The molecule has 0 bridgehead atoms. The summed E-state index contributed by atoms with van der Waals surface area (Å²) in [6.45, 7) is 4.24. The van der Waals surface area contributed by atoms with Crippen LogP contribution in [0.3, 0.4) is 0 Å². The van der Waals surface area contributed by atoms with E-state index in [0.29, 0.717) is 11.4 Å². The van der Waals surface area contributed by atoms with Crippen molar-refractivity contribution in [3.05, 3.63) is 65.4 Å². The average Bonchev–Trinajstić information content (AvgIpc) is 2.46. The van der Waals surface area contributed by atoms with Crippen molar-refractivity contribution in [3.63, 3.8) is 0 Å². The first-order valence-corrected chi connectivity index (χ1v) is 6.78. The minimum Gasteiger partial charge on any atom is -0.398 e. The summed E-state index contributed by atoms with van der Waals surface area (Å²) in [4.78, 5) is 0. The SMILES string of the molecule is CCc1cc(C)ccc1N/C=C(\N)c1ccccc1N. The van der Waals surface area contributed by atoms with Crippen LogP contribution in [-0.2, 0) is 6.42 Å². The van der Waals surface area contributed by atoms with Gasteiger partial charge in [0.2, 0.25) is 0 Å². The number of rotatable bonds is 4. The average molecular weight is 267 g/mol. The molecule has 2 rings (SSSR count). The molecule has 0 atom stereocenters. The van der Waals surface area contributed by atoms with Crippen LogP contribution in [-0.4, -0.2) is 0 Å². The van der Waals surface area contributed by atoms with Gasteiger partial charge < -0.3 is 16.8 Å². The molecule has 20 heavy (non-hydrogen) atoms. The van der Waals surface area contributed by atoms with Crippen LogP contribution in [0.25, 0.3) is 5.70 Å². The van der Waals surface area contributed by atoms with Crippen LogP contribution in [0.15, 0.2) is 48.7 Å². The van der Waals surface area contributed by atoms with Crippen LogP contribution in [0.2, 0.25) is 0 Å². The number of hydrogen-bond donors (Lipinski definition) is 3. The van der Waals surface area contributed by atoms with E-state index >= 15 is 0 Å². The number of nitrogen functional groups attached to an aromatic ring is 1. The predicted molar refractivity (Wildman–Crippen MR) is 87.2 cm³/mol. The highest BCUT2D eigenvalue weighted by molar-refractivity contribution is 5.74. The van der Waals surface area contributed by atoms with Crippen molar-refractivity contribution in [2.45, 2.75) is 20.3 Å². The number of nitrogens with two attached hydrogens (primary N) is 2. The van der Waals surface area contributed by atoms with E-state index < -0.39 is 0 Å². The van der Waals surface area contributed by atoms with E-state index in [4.69, 9.17) is 11.5 Å². The molecular formula is C17H21N3. The van der Waals surface area contributed by atoms with E-state index in [0.717, 1.165) is 17.7 Å². The lowest BCUT2D eigenvalue weighted by molar-refractivity contribution is 1.13. The van der Waals surface area contributed by atoms with Gasteiger partial charge in [-0.1, -0.05) is 42.8 Å². The van der Waals surface area contributed by atoms with Crippen molar-refractivity contribution < 1.29 is 0 Å². The number of hydrogen-bond acceptors (Lipinski definition) is 3. The van der Waals surface area contributed by atoms with Gasteiger partial charge in [0.1, 0.15) is 0 Å². The third kappa shape index (κ3) is 3.12. The molecule has 0 aliphatic rings. The van der Waals surface area contributed by atoms with Gasteiger partial charge in [-0.05, 0) is 31.0 Å². The second kappa shape index (κ2) is 6.15. The van der Waals surface area contributed by atoms with Gasteiger partial charge >= 0.3 is 0 Å². The van der Waals surface area contributed by atoms with Gasteiger partial charge in [-0.15, -0.1) is 0 Å². The largest absolute Gasteiger partial charge is 0.398 e. The van der Waals surface area contributed by atoms with Crippen LogP contribution < -0.4 is 16.8 Å². The Morgan fingerprint density at radius 2 is 1.95 bits per heavy atom. The Hall–Kier alpha value is -2.42. The lowest BCUT2D eigenvalue weighted by atomic mass is 10.1. The van der Waals surface area contributed by atoms with Crippen LogP contribution in [0.5, 0.6) is 0 Å². The normalized spacial score (nSPS) is 11.4. The first-order chi connectivity index (χ1) is 9.61. The standard InChI is InChI=1S/C17H21N3/c1-3-13-10-12(2)8-9-17(13)20-11-16(19)14-6-4-5-7-15(14)18/h4-11,20H,3,18-19H2,1-2H3/b16-11-. The molecule has 0 heterocycles. The van der Waals surface area contributed by atoms with Gasteiger partial charge in [-0.25, -0.2) is 0 Å². The Balaban J connectivity index is 2.23. The maximum absolute atomic E-state index is 6.08. The van der Waals surface area contributed by atoms with Gasteiger partial charge in [0.15, 0.2) is 0 Å². The molecule has 5 N–H and O–H groups in total. The first-order valence-electron chi connectivity index (χ1n) is 6.78. The van der Waals surface area contributed by atoms with Gasteiger partial charge in [-0.2, -0.15) is 0 Å². The summed E-state index contributed by atoms with van der Waals surface area (Å²) >= 11 is 0. The third-order valence-corrected chi connectivity index (χ3v) is 3.30. The lowest BCUT2D eigenvalue weighted by Crippen LogP contribution is -2.04. The quantitative estimate of drug-likeness (QED) is 0.743. The Bertz CT molecular complexity index is 630. The molecule has 0 aromatic heterocycles. The van der Waals surface area contributed by atoms with Gasteiger partial charge in [0, 0.05) is 23.1 Å². The number of aryl methyl sites for hydroxylation is 2. The van der Waals surface area contributed by atoms with Crippen LogP contribution >= 0.6 is 0 Å². The molecular weight excluding hydrogens is 246 g/mol. The monoisotopic (exact) mass is 267 g/mol. The smallest absolute Gasteiger partial charge is 0.0571 e. The molecule has 3 heteroatoms. The van der Waals surface area contributed by atoms with Gasteiger partial charge in [-0.3, -0.25) is 0 Å². The molecule has 0 unspecified atom stereocenters. The zero-order valence-corrected chi connectivity index (χ0v) is 12.0. The first kappa shape index (κ1) is 14.0. The van der Waals surface area contributed by atoms with Crippen LogP contribution in [0.4, 0.5) is 11.4 Å². The molecule has 0 fully saturated rings. The van der Waals surface area contributed by atoms with Crippen molar-refractivity contribution in [1.29, 1.82) is 0 Å². The van der Waals surface area contributed by atoms with Gasteiger partial charge in [0.25, 0.3) is 0 Å². The summed E-state index contributed by atoms with van der Waals surface area (Å²) in [5, 5.41) is 3.27. The highest BCUT2D eigenvalue weighted by atomic mass is 14.9. The topological polar surface area (TPSA) is 64.1 Å². The Kier molecular flexibility index (Phi) is 4.31. The van der Waals surface area contributed by atoms with Crippen molar-refractivity contribution in [3.8, 4) is 0 Å². The predicted octanol–water partition coefficient (Wildman–Crippen LogP) is 3.51. The second-order valence-electron chi connectivity index (χ2n) is 4.85. The zero-order chi connectivity index (χ0) is 14.5. The van der Waals surface area contributed by atoms with E-state index in [-0.39, 0.29) is 0 Å². The number of para-hydroxylation sites is 1. The van der Waals surface area contributed by atoms with Crippen LogP contribution in [0.1, 0.15) is 23.6 Å². The fraction of sp³-hybridized carbons (Fsp3) is 0.176. The highest BCUT2D eigenvalue weighted by Crippen LogP contribution is 2.20. The molecule has 104 valence electrons. The molecule has 2 aromatic rings. The molecule has 0 saturated carbocycles. The summed E-state index contributed by atoms with van der Waals surface area (Å²) in [5.74, 6) is 0. The number of anilines is 2. The fourth-order valence-electron chi connectivity index (χ4n) is 2.15. The second-order valence-corrected chi connectivity index (χ2v) is 4.85. The summed E-state index contributed by atoms with van der Waals surface area (Å²) in [7, 11) is 0. The summed E-state index contributed by atoms with van der Waals surface area (Å²) in [5.41, 5.74) is 17.8. The fourth-order valence-corrected chi connectivity index (χ4v) is 2.15. The maximum Gasteiger partial charge on any atom is 0.0571 e. The zero-order valence-electron chi connectivity index (χ0n) is 12.0. The molecule has 0 spiro atoms. The van der Waals surface area contributed by atoms with E-state index in [2.05, 4.69) is 37.4 Å². The Morgan fingerprint density at radius 1 is 1.20 bits per heavy atom. The molecule has 0 aliphatic carbocycles. The molecule has 0 saturated heterocycles. The van der Waals surface area contributed by atoms with E-state index in [1.807, 2.05) is 24.3 Å². The van der Waals surface area contributed by atoms with E-state index in [1.54, 1.807) is 6.20 Å². The van der Waals surface area contributed by atoms with E-state index in [9.17, 15) is 0 Å². The van der Waals surface area contributed by atoms with Crippen LogP contribution in [0, 0.1) is 6.92 Å². The minimum atomic E-state index is 0.630. The third-order valence-electron chi connectivity index (χ3n) is 3.30. The molecule has 0 amide bonds. The maximum atomic E-state index is 6.08. The molecule has 2 aromatic carbocycles. The number of nitrogens with one attached hydrogen (secondary N) is 1. The number of benzene rings is 2. The Labute approximate surface area is 120 Å². The summed E-state index contributed by atoms with van der Waals surface area (Å²) in [6, 6.07) is 13.9. The highest BCUT2D eigenvalue weighted by Gasteiger charge is 2.02. The van der Waals surface area contributed by atoms with Crippen molar-refractivity contribution >= 4 is 17.1 Å². The molecule has 0 radical (unpaired) electrons. The van der Waals surface area contributed by atoms with Crippen molar-refractivity contribution in [2.75, 3.05) is 11.1 Å². The Morgan fingerprint density at radius 3 is 2.65 bits per heavy atom. The minimum absolute atomic E-state index is 0.630. The molecule has 3 nitrogen and oxygen atoms in total. The van der Waals surface area contributed by atoms with Crippen molar-refractivity contribution in [1.82, 2.24) is 0 Å². The lowest BCUT2D eigenvalue weighted by Gasteiger charge is -2.10.